The van der Waals surface area contributed by atoms with Crippen LogP contribution in [0.4, 0.5) is 23.2 Å². The minimum atomic E-state index is -1.62. The number of benzene rings is 2. The van der Waals surface area contributed by atoms with Gasteiger partial charge >= 0.3 is 5.97 Å². The van der Waals surface area contributed by atoms with Crippen molar-refractivity contribution < 1.29 is 27.1 Å². The molecular weight excluding hydrogens is 472 g/mol. The maximum Gasteiger partial charge on any atom is 0.342 e. The summed E-state index contributed by atoms with van der Waals surface area (Å²) in [4.78, 5) is 18.3. The Labute approximate surface area is 195 Å². The zero-order valence-corrected chi connectivity index (χ0v) is 18.8. The average molecular weight is 490 g/mol. The van der Waals surface area contributed by atoms with Crippen molar-refractivity contribution >= 4 is 33.2 Å². The van der Waals surface area contributed by atoms with Gasteiger partial charge in [0.1, 0.15) is 11.3 Å². The molecule has 3 heterocycles. The predicted octanol–water partition coefficient (Wildman–Crippen LogP) is 5.48. The fraction of sp³-hybridized carbons (Fsp3) is 0.261. The van der Waals surface area contributed by atoms with E-state index in [1.807, 2.05) is 0 Å². The number of fused-ring (bicyclic) bond motifs is 1. The molecule has 4 aromatic rings. The highest BCUT2D eigenvalue weighted by Crippen LogP contribution is 2.40. The number of ether oxygens (including phenoxy) is 1. The molecule has 0 unspecified atom stereocenters. The van der Waals surface area contributed by atoms with Crippen LogP contribution in [0.5, 0.6) is 0 Å². The average Bonchev–Trinajstić information content (AvgIpc) is 3.57. The van der Waals surface area contributed by atoms with Gasteiger partial charge in [0.2, 0.25) is 5.13 Å². The Morgan fingerprint density at radius 1 is 1.06 bits per heavy atom. The monoisotopic (exact) mass is 490 g/mol. The molecule has 1 aliphatic rings. The van der Waals surface area contributed by atoms with E-state index in [1.54, 1.807) is 31.2 Å². The molecule has 1 saturated heterocycles. The van der Waals surface area contributed by atoms with Crippen molar-refractivity contribution in [2.75, 3.05) is 24.6 Å². The molecule has 0 radical (unpaired) electrons. The van der Waals surface area contributed by atoms with Gasteiger partial charge in [-0.25, -0.2) is 32.0 Å². The van der Waals surface area contributed by atoms with E-state index in [2.05, 4.69) is 10.1 Å². The zero-order valence-electron chi connectivity index (χ0n) is 17.9. The molecule has 1 aliphatic heterocycles. The number of carbonyl (C=O) groups excluding carboxylic acids is 1. The van der Waals surface area contributed by atoms with Gasteiger partial charge in [-0.1, -0.05) is 23.5 Å². The second kappa shape index (κ2) is 8.71. The molecule has 6 nitrogen and oxygen atoms in total. The second-order valence-corrected chi connectivity index (χ2v) is 8.69. The van der Waals surface area contributed by atoms with Gasteiger partial charge in [0.15, 0.2) is 23.3 Å². The standard InChI is InChI=1S/C23H18F4N4O2S/c1-2-33-22(32)12-11-28-31(23-29-13-7-3-4-8-14(13)34-23)20(12)15-16(24)18(26)21(19(27)17(15)25)30-9-5-6-10-30/h3-4,7-8,11H,2,5-6,9-10H2,1H3. The van der Waals surface area contributed by atoms with Crippen LogP contribution in [0.2, 0.25) is 0 Å². The molecular formula is C23H18F4N4O2S. The Morgan fingerprint density at radius 2 is 1.74 bits per heavy atom. The van der Waals surface area contributed by atoms with Crippen molar-refractivity contribution in [3.05, 3.63) is 59.3 Å². The van der Waals surface area contributed by atoms with Crippen LogP contribution in [0, 0.1) is 23.3 Å². The Kier molecular flexibility index (Phi) is 5.72. The quantitative estimate of drug-likeness (QED) is 0.211. The molecule has 0 spiro atoms. The van der Waals surface area contributed by atoms with E-state index in [-0.39, 0.29) is 30.4 Å². The molecule has 2 aromatic heterocycles. The smallest absolute Gasteiger partial charge is 0.342 e. The molecule has 0 bridgehead atoms. The summed E-state index contributed by atoms with van der Waals surface area (Å²) in [7, 11) is 0. The molecule has 0 amide bonds. The van der Waals surface area contributed by atoms with Crippen LogP contribution >= 0.6 is 11.3 Å². The maximum atomic E-state index is 15.4. The van der Waals surface area contributed by atoms with Crippen LogP contribution in [-0.2, 0) is 4.74 Å². The number of hydrogen-bond acceptors (Lipinski definition) is 6. The molecule has 0 saturated carbocycles. The van der Waals surface area contributed by atoms with Crippen molar-refractivity contribution in [2.45, 2.75) is 19.8 Å². The number of thiazole rings is 1. The van der Waals surface area contributed by atoms with Crippen molar-refractivity contribution in [3.63, 3.8) is 0 Å². The summed E-state index contributed by atoms with van der Waals surface area (Å²) in [5.41, 5.74) is -2.02. The first-order valence-electron chi connectivity index (χ1n) is 10.6. The van der Waals surface area contributed by atoms with Gasteiger partial charge in [-0.2, -0.15) is 5.10 Å². The van der Waals surface area contributed by atoms with Crippen LogP contribution in [0.3, 0.4) is 0 Å². The van der Waals surface area contributed by atoms with Crippen molar-refractivity contribution in [1.82, 2.24) is 14.8 Å². The molecule has 176 valence electrons. The third kappa shape index (κ3) is 3.51. The molecule has 0 aliphatic carbocycles. The molecule has 5 rings (SSSR count). The van der Waals surface area contributed by atoms with Gasteiger partial charge in [0.05, 0.1) is 34.3 Å². The summed E-state index contributed by atoms with van der Waals surface area (Å²) < 4.78 is 67.9. The van der Waals surface area contributed by atoms with E-state index >= 15 is 17.6 Å². The van der Waals surface area contributed by atoms with Gasteiger partial charge in [-0.3, -0.25) is 0 Å². The van der Waals surface area contributed by atoms with E-state index < -0.39 is 46.2 Å². The molecule has 34 heavy (non-hydrogen) atoms. The highest BCUT2D eigenvalue weighted by Gasteiger charge is 2.35. The normalized spacial score (nSPS) is 13.7. The Morgan fingerprint density at radius 3 is 2.38 bits per heavy atom. The highest BCUT2D eigenvalue weighted by molar-refractivity contribution is 7.20. The molecule has 11 heteroatoms. The summed E-state index contributed by atoms with van der Waals surface area (Å²) in [5, 5.41) is 4.24. The summed E-state index contributed by atoms with van der Waals surface area (Å²) in [6.07, 6.45) is 2.35. The summed E-state index contributed by atoms with van der Waals surface area (Å²) >= 11 is 1.14. The van der Waals surface area contributed by atoms with E-state index in [0.717, 1.165) is 26.9 Å². The highest BCUT2D eigenvalue weighted by atomic mass is 32.1. The fourth-order valence-corrected chi connectivity index (χ4v) is 5.02. The number of hydrogen-bond donors (Lipinski definition) is 0. The Bertz CT molecular complexity index is 1350. The van der Waals surface area contributed by atoms with Crippen molar-refractivity contribution in [3.8, 4) is 16.4 Å². The van der Waals surface area contributed by atoms with Crippen LogP contribution in [0.1, 0.15) is 30.1 Å². The summed E-state index contributed by atoms with van der Waals surface area (Å²) in [6, 6.07) is 7.08. The minimum Gasteiger partial charge on any atom is -0.462 e. The van der Waals surface area contributed by atoms with Crippen molar-refractivity contribution in [2.24, 2.45) is 0 Å². The lowest BCUT2D eigenvalue weighted by Crippen LogP contribution is -2.22. The zero-order chi connectivity index (χ0) is 24.0. The largest absolute Gasteiger partial charge is 0.462 e. The third-order valence-electron chi connectivity index (χ3n) is 5.63. The number of anilines is 1. The van der Waals surface area contributed by atoms with Crippen LogP contribution in [-0.4, -0.2) is 40.4 Å². The molecule has 1 fully saturated rings. The number of carbonyl (C=O) groups is 1. The first-order chi connectivity index (χ1) is 16.4. The lowest BCUT2D eigenvalue weighted by molar-refractivity contribution is 0.0527. The number of nitrogens with zero attached hydrogens (tertiary/aromatic N) is 4. The fourth-order valence-electron chi connectivity index (χ4n) is 4.09. The summed E-state index contributed by atoms with van der Waals surface area (Å²) in [6.45, 7) is 2.10. The number of halogens is 4. The first kappa shape index (κ1) is 22.3. The number of para-hydroxylation sites is 1. The SMILES string of the molecule is CCOC(=O)c1cnn(-c2nc3ccccc3s2)c1-c1c(F)c(F)c(N2CCCC2)c(F)c1F. The second-order valence-electron chi connectivity index (χ2n) is 7.68. The number of aromatic nitrogens is 3. The third-order valence-corrected chi connectivity index (χ3v) is 6.64. The van der Waals surface area contributed by atoms with Gasteiger partial charge in [-0.15, -0.1) is 0 Å². The topological polar surface area (TPSA) is 60.2 Å². The van der Waals surface area contributed by atoms with Gasteiger partial charge in [0, 0.05) is 13.1 Å². The Balaban J connectivity index is 1.77. The molecule has 0 N–H and O–H groups in total. The molecule has 0 atom stereocenters. The van der Waals surface area contributed by atoms with Gasteiger partial charge < -0.3 is 9.64 Å². The first-order valence-corrected chi connectivity index (χ1v) is 11.5. The number of esters is 1. The Hall–Kier alpha value is -3.47. The lowest BCUT2D eigenvalue weighted by atomic mass is 10.0. The molecule has 2 aromatic carbocycles. The van der Waals surface area contributed by atoms with E-state index in [4.69, 9.17) is 4.74 Å². The van der Waals surface area contributed by atoms with E-state index in [0.29, 0.717) is 18.4 Å². The minimum absolute atomic E-state index is 0.0217. The maximum absolute atomic E-state index is 15.4. The number of rotatable bonds is 5. The van der Waals surface area contributed by atoms with E-state index in [9.17, 15) is 4.79 Å². The van der Waals surface area contributed by atoms with E-state index in [1.165, 1.54) is 4.90 Å². The van der Waals surface area contributed by atoms with Crippen molar-refractivity contribution in [1.29, 1.82) is 0 Å². The van der Waals surface area contributed by atoms with Gasteiger partial charge in [0.25, 0.3) is 0 Å². The lowest BCUT2D eigenvalue weighted by Gasteiger charge is -2.21. The van der Waals surface area contributed by atoms with Crippen LogP contribution in [0.25, 0.3) is 26.6 Å². The predicted molar refractivity (Wildman–Crippen MR) is 119 cm³/mol. The van der Waals surface area contributed by atoms with Crippen LogP contribution in [0.15, 0.2) is 30.5 Å². The van der Waals surface area contributed by atoms with Crippen LogP contribution < -0.4 is 4.90 Å². The summed E-state index contributed by atoms with van der Waals surface area (Å²) in [5.74, 6) is -7.22. The van der Waals surface area contributed by atoms with Gasteiger partial charge in [-0.05, 0) is 31.9 Å².